The van der Waals surface area contributed by atoms with Crippen LogP contribution in [0.3, 0.4) is 0 Å². The minimum absolute atomic E-state index is 0.0881. The summed E-state index contributed by atoms with van der Waals surface area (Å²) in [5, 5.41) is 0.793. The van der Waals surface area contributed by atoms with Crippen LogP contribution in [0.25, 0.3) is 0 Å². The van der Waals surface area contributed by atoms with Gasteiger partial charge in [-0.05, 0) is 54.6 Å². The fourth-order valence-corrected chi connectivity index (χ4v) is 2.81. The Morgan fingerprint density at radius 2 is 2.12 bits per heavy atom. The highest BCUT2D eigenvalue weighted by atomic mass is 127. The van der Waals surface area contributed by atoms with Gasteiger partial charge in [-0.15, -0.1) is 0 Å². The Kier molecular flexibility index (Phi) is 6.44. The molecule has 0 fully saturated rings. The molecule has 0 aliphatic heterocycles. The third-order valence-corrected chi connectivity index (χ3v) is 4.16. The van der Waals surface area contributed by atoms with E-state index in [1.54, 1.807) is 0 Å². The lowest BCUT2D eigenvalue weighted by molar-refractivity contribution is 0.0718. The van der Waals surface area contributed by atoms with E-state index in [0.717, 1.165) is 25.5 Å². The number of hydrogen-bond donors (Lipinski definition) is 0. The summed E-state index contributed by atoms with van der Waals surface area (Å²) in [6, 6.07) is 5.98. The molecule has 0 saturated heterocycles. The lowest BCUT2D eigenvalue weighted by Crippen LogP contribution is -2.38. The Hall–Kier alpha value is 0.380. The Morgan fingerprint density at radius 1 is 1.47 bits per heavy atom. The van der Waals surface area contributed by atoms with E-state index in [1.807, 2.05) is 36.9 Å². The second-order valence-electron chi connectivity index (χ2n) is 3.91. The van der Waals surface area contributed by atoms with E-state index in [-0.39, 0.29) is 11.9 Å². The van der Waals surface area contributed by atoms with Crippen LogP contribution < -0.4 is 0 Å². The highest BCUT2D eigenvalue weighted by molar-refractivity contribution is 14.1. The molecule has 0 aliphatic carbocycles. The number of benzene rings is 1. The monoisotopic (exact) mass is 473 g/mol. The van der Waals surface area contributed by atoms with Gasteiger partial charge >= 0.3 is 0 Å². The quantitative estimate of drug-likeness (QED) is 0.470. The molecule has 1 aromatic rings. The second-order valence-corrected chi connectivity index (χ2v) is 6.78. The molecule has 0 unspecified atom stereocenters. The predicted octanol–water partition coefficient (Wildman–Crippen LogP) is 4.30. The van der Waals surface area contributed by atoms with Crippen molar-refractivity contribution in [1.29, 1.82) is 0 Å². The third-order valence-electron chi connectivity index (χ3n) is 2.37. The fourth-order valence-electron chi connectivity index (χ4n) is 1.50. The SMILES string of the molecule is CC(C)N(CCBr)C(=O)c1cc(Br)ccc1I. The first kappa shape index (κ1) is 15.4. The number of nitrogens with zero attached hydrogens (tertiary/aromatic N) is 1. The average Bonchev–Trinajstić information content (AvgIpc) is 2.28. The molecule has 0 aliphatic rings. The van der Waals surface area contributed by atoms with Crippen molar-refractivity contribution < 1.29 is 4.79 Å². The van der Waals surface area contributed by atoms with Gasteiger partial charge in [0, 0.05) is 26.0 Å². The Balaban J connectivity index is 3.04. The van der Waals surface area contributed by atoms with Gasteiger partial charge in [0.25, 0.3) is 5.91 Å². The fraction of sp³-hybridized carbons (Fsp3) is 0.417. The van der Waals surface area contributed by atoms with Crippen LogP contribution in [0.1, 0.15) is 24.2 Å². The largest absolute Gasteiger partial charge is 0.335 e. The molecular formula is C12H14Br2INO. The lowest BCUT2D eigenvalue weighted by atomic mass is 10.2. The molecule has 94 valence electrons. The van der Waals surface area contributed by atoms with Crippen molar-refractivity contribution in [2.45, 2.75) is 19.9 Å². The maximum absolute atomic E-state index is 12.4. The molecule has 0 atom stereocenters. The molecule has 0 spiro atoms. The third kappa shape index (κ3) is 4.21. The molecule has 2 nitrogen and oxygen atoms in total. The number of amides is 1. The second kappa shape index (κ2) is 7.09. The van der Waals surface area contributed by atoms with Crippen LogP contribution in [-0.2, 0) is 0 Å². The molecular weight excluding hydrogens is 461 g/mol. The van der Waals surface area contributed by atoms with Gasteiger partial charge in [0.15, 0.2) is 0 Å². The van der Waals surface area contributed by atoms with Crippen molar-refractivity contribution in [2.75, 3.05) is 11.9 Å². The van der Waals surface area contributed by atoms with Gasteiger partial charge in [-0.1, -0.05) is 31.9 Å². The zero-order valence-electron chi connectivity index (χ0n) is 9.71. The van der Waals surface area contributed by atoms with Crippen molar-refractivity contribution in [2.24, 2.45) is 0 Å². The number of hydrogen-bond acceptors (Lipinski definition) is 1. The highest BCUT2D eigenvalue weighted by Crippen LogP contribution is 2.20. The Morgan fingerprint density at radius 3 is 2.65 bits per heavy atom. The van der Waals surface area contributed by atoms with Crippen LogP contribution in [0.2, 0.25) is 0 Å². The maximum atomic E-state index is 12.4. The molecule has 0 saturated carbocycles. The van der Waals surface area contributed by atoms with Crippen LogP contribution in [0.15, 0.2) is 22.7 Å². The molecule has 0 N–H and O–H groups in total. The van der Waals surface area contributed by atoms with Gasteiger partial charge in [-0.2, -0.15) is 0 Å². The summed E-state index contributed by atoms with van der Waals surface area (Å²) < 4.78 is 1.92. The van der Waals surface area contributed by atoms with Gasteiger partial charge < -0.3 is 4.90 Å². The van der Waals surface area contributed by atoms with Crippen molar-refractivity contribution in [3.63, 3.8) is 0 Å². The van der Waals surface area contributed by atoms with Gasteiger partial charge in [-0.3, -0.25) is 4.79 Å². The minimum atomic E-state index is 0.0881. The molecule has 0 heterocycles. The van der Waals surface area contributed by atoms with Gasteiger partial charge in [0.1, 0.15) is 0 Å². The van der Waals surface area contributed by atoms with Crippen LogP contribution in [-0.4, -0.2) is 28.7 Å². The smallest absolute Gasteiger partial charge is 0.255 e. The molecule has 17 heavy (non-hydrogen) atoms. The van der Waals surface area contributed by atoms with Gasteiger partial charge in [0.05, 0.1) is 5.56 Å². The van der Waals surface area contributed by atoms with E-state index >= 15 is 0 Å². The van der Waals surface area contributed by atoms with Crippen LogP contribution >= 0.6 is 54.5 Å². The zero-order chi connectivity index (χ0) is 13.0. The van der Waals surface area contributed by atoms with E-state index in [9.17, 15) is 4.79 Å². The Bertz CT molecular complexity index is 409. The molecule has 1 amide bonds. The van der Waals surface area contributed by atoms with Gasteiger partial charge in [-0.25, -0.2) is 0 Å². The number of carbonyl (C=O) groups excluding carboxylic acids is 1. The van der Waals surface area contributed by atoms with E-state index in [2.05, 4.69) is 54.5 Å². The molecule has 0 aromatic heterocycles. The van der Waals surface area contributed by atoms with E-state index in [4.69, 9.17) is 0 Å². The first-order chi connectivity index (χ1) is 7.97. The Labute approximate surface area is 133 Å². The predicted molar refractivity (Wildman–Crippen MR) is 86.8 cm³/mol. The molecule has 1 rings (SSSR count). The molecule has 1 aromatic carbocycles. The van der Waals surface area contributed by atoms with E-state index in [0.29, 0.717) is 0 Å². The zero-order valence-corrected chi connectivity index (χ0v) is 15.0. The lowest BCUT2D eigenvalue weighted by Gasteiger charge is -2.26. The highest BCUT2D eigenvalue weighted by Gasteiger charge is 2.20. The summed E-state index contributed by atoms with van der Waals surface area (Å²) >= 11 is 8.99. The van der Waals surface area contributed by atoms with Crippen LogP contribution in [0, 0.1) is 3.57 Å². The van der Waals surface area contributed by atoms with E-state index < -0.39 is 0 Å². The maximum Gasteiger partial charge on any atom is 0.255 e. The summed E-state index contributed by atoms with van der Waals surface area (Å²) in [5.74, 6) is 0.0881. The van der Waals surface area contributed by atoms with Crippen molar-refractivity contribution in [3.05, 3.63) is 31.8 Å². The first-order valence-electron chi connectivity index (χ1n) is 5.29. The summed E-state index contributed by atoms with van der Waals surface area (Å²) in [4.78, 5) is 14.3. The van der Waals surface area contributed by atoms with Crippen molar-refractivity contribution >= 4 is 60.4 Å². The molecule has 0 radical (unpaired) electrons. The first-order valence-corrected chi connectivity index (χ1v) is 8.28. The topological polar surface area (TPSA) is 20.3 Å². The summed E-state index contributed by atoms with van der Waals surface area (Å²) in [7, 11) is 0. The number of halogens is 3. The van der Waals surface area contributed by atoms with E-state index in [1.165, 1.54) is 0 Å². The summed E-state index contributed by atoms with van der Waals surface area (Å²) in [6.07, 6.45) is 0. The normalized spacial score (nSPS) is 10.7. The number of carbonyl (C=O) groups is 1. The van der Waals surface area contributed by atoms with Crippen LogP contribution in [0.5, 0.6) is 0 Å². The van der Waals surface area contributed by atoms with Crippen molar-refractivity contribution in [1.82, 2.24) is 4.90 Å². The molecule has 5 heteroatoms. The number of rotatable bonds is 4. The number of alkyl halides is 1. The minimum Gasteiger partial charge on any atom is -0.335 e. The average molecular weight is 475 g/mol. The molecule has 0 bridgehead atoms. The van der Waals surface area contributed by atoms with Gasteiger partial charge in [0.2, 0.25) is 0 Å². The standard InChI is InChI=1S/C12H14Br2INO/c1-8(2)16(6-5-13)12(17)10-7-9(14)3-4-11(10)15/h3-4,7-8H,5-6H2,1-2H3. The van der Waals surface area contributed by atoms with Crippen molar-refractivity contribution in [3.8, 4) is 0 Å². The van der Waals surface area contributed by atoms with Crippen LogP contribution in [0.4, 0.5) is 0 Å². The summed E-state index contributed by atoms with van der Waals surface area (Å²) in [6.45, 7) is 4.79. The summed E-state index contributed by atoms with van der Waals surface area (Å²) in [5.41, 5.74) is 0.759.